The number of benzene rings is 4. The van der Waals surface area contributed by atoms with Gasteiger partial charge in [0, 0.05) is 0 Å². The van der Waals surface area contributed by atoms with Gasteiger partial charge in [0.15, 0.2) is 46.0 Å². The van der Waals surface area contributed by atoms with Gasteiger partial charge in [0.25, 0.3) is 0 Å². The number of rotatable bonds is 16. The van der Waals surface area contributed by atoms with E-state index in [9.17, 15) is 10.2 Å². The van der Waals surface area contributed by atoms with Crippen LogP contribution in [-0.4, -0.2) is 65.1 Å². The molecule has 0 spiro atoms. The topological polar surface area (TPSA) is 124 Å². The standard InChI is InChI=1S/C40H48O11/c1-23(39(41)27-11-13-31(43-3)35(21-27)45-5)49-33-15-9-25(19-37(33)47-7)29-17-18-30(51-29)26-10-16-34(38(20-26)48-8)50-24(2)40(42)28-12-14-32(44-4)36(22-28)46-6/h9-16,19-24,29-30,39-42H,17-18H2,1-8H3/t23-,24-,29+,30?,39+,40+/m1/s1. The van der Waals surface area contributed by atoms with Crippen LogP contribution < -0.4 is 37.9 Å². The van der Waals surface area contributed by atoms with E-state index in [1.165, 1.54) is 0 Å². The highest BCUT2D eigenvalue weighted by Gasteiger charge is 2.30. The molecule has 0 amide bonds. The van der Waals surface area contributed by atoms with Crippen LogP contribution in [0, 0.1) is 0 Å². The molecule has 4 aromatic rings. The molecule has 1 unspecified atom stereocenters. The molecule has 0 saturated carbocycles. The molecule has 0 bridgehead atoms. The molecule has 1 aliphatic heterocycles. The fourth-order valence-corrected chi connectivity index (χ4v) is 6.24. The van der Waals surface area contributed by atoms with Gasteiger partial charge in [0.1, 0.15) is 24.4 Å². The van der Waals surface area contributed by atoms with Gasteiger partial charge in [-0.3, -0.25) is 0 Å². The van der Waals surface area contributed by atoms with Gasteiger partial charge in [0.2, 0.25) is 0 Å². The van der Waals surface area contributed by atoms with Gasteiger partial charge in [-0.05, 0) is 97.5 Å². The van der Waals surface area contributed by atoms with Crippen molar-refractivity contribution in [2.75, 3.05) is 42.7 Å². The summed E-state index contributed by atoms with van der Waals surface area (Å²) in [6, 6.07) is 22.0. The normalized spacial score (nSPS) is 17.8. The van der Waals surface area contributed by atoms with Crippen LogP contribution in [0.3, 0.4) is 0 Å². The Kier molecular flexibility index (Phi) is 12.4. The Bertz CT molecular complexity index is 1630. The summed E-state index contributed by atoms with van der Waals surface area (Å²) in [4.78, 5) is 0. The molecule has 0 aliphatic carbocycles. The molecule has 0 radical (unpaired) electrons. The molecule has 2 N–H and O–H groups in total. The molecule has 6 atom stereocenters. The van der Waals surface area contributed by atoms with Gasteiger partial charge in [-0.25, -0.2) is 0 Å². The summed E-state index contributed by atoms with van der Waals surface area (Å²) in [5, 5.41) is 22.1. The summed E-state index contributed by atoms with van der Waals surface area (Å²) in [6.45, 7) is 3.59. The van der Waals surface area contributed by atoms with Gasteiger partial charge < -0.3 is 52.8 Å². The monoisotopic (exact) mass is 704 g/mol. The third-order valence-corrected chi connectivity index (χ3v) is 9.15. The molecule has 1 saturated heterocycles. The molecular formula is C40H48O11. The molecule has 1 fully saturated rings. The van der Waals surface area contributed by atoms with E-state index in [1.54, 1.807) is 92.9 Å². The number of hydrogen-bond acceptors (Lipinski definition) is 11. The highest BCUT2D eigenvalue weighted by Crippen LogP contribution is 2.45. The Balaban J connectivity index is 1.23. The average molecular weight is 705 g/mol. The maximum atomic E-state index is 11.0. The first-order valence-electron chi connectivity index (χ1n) is 16.8. The van der Waals surface area contributed by atoms with Crippen LogP contribution in [0.15, 0.2) is 72.8 Å². The molecule has 11 nitrogen and oxygen atoms in total. The lowest BCUT2D eigenvalue weighted by Crippen LogP contribution is -2.22. The average Bonchev–Trinajstić information content (AvgIpc) is 3.67. The van der Waals surface area contributed by atoms with E-state index in [0.717, 1.165) is 24.0 Å². The maximum Gasteiger partial charge on any atom is 0.161 e. The smallest absolute Gasteiger partial charge is 0.161 e. The molecule has 0 aromatic heterocycles. The first-order chi connectivity index (χ1) is 24.6. The second-order valence-corrected chi connectivity index (χ2v) is 12.3. The molecule has 274 valence electrons. The Hall–Kier alpha value is -4.84. The quantitative estimate of drug-likeness (QED) is 0.122. The lowest BCUT2D eigenvalue weighted by atomic mass is 10.0. The fourth-order valence-electron chi connectivity index (χ4n) is 6.24. The van der Waals surface area contributed by atoms with Crippen molar-refractivity contribution in [3.63, 3.8) is 0 Å². The summed E-state index contributed by atoms with van der Waals surface area (Å²) in [5.41, 5.74) is 3.19. The number of hydrogen-bond donors (Lipinski definition) is 2. The highest BCUT2D eigenvalue weighted by atomic mass is 16.5. The van der Waals surface area contributed by atoms with Crippen molar-refractivity contribution < 1.29 is 52.8 Å². The zero-order valence-corrected chi connectivity index (χ0v) is 30.4. The van der Waals surface area contributed by atoms with Gasteiger partial charge in [-0.15, -0.1) is 0 Å². The largest absolute Gasteiger partial charge is 0.493 e. The second-order valence-electron chi connectivity index (χ2n) is 12.3. The van der Waals surface area contributed by atoms with Crippen molar-refractivity contribution in [2.45, 2.75) is 63.3 Å². The van der Waals surface area contributed by atoms with Crippen LogP contribution in [-0.2, 0) is 4.74 Å². The van der Waals surface area contributed by atoms with E-state index in [1.807, 2.05) is 36.4 Å². The highest BCUT2D eigenvalue weighted by molar-refractivity contribution is 5.47. The Morgan fingerprint density at radius 2 is 0.804 bits per heavy atom. The lowest BCUT2D eigenvalue weighted by Gasteiger charge is -2.24. The van der Waals surface area contributed by atoms with Crippen LogP contribution in [0.1, 0.15) is 73.4 Å². The summed E-state index contributed by atoms with van der Waals surface area (Å²) in [6.07, 6.45) is -1.74. The SMILES string of the molecule is COc1ccc([C@@H](O)[C@@H](C)Oc2ccc(C3CC[C@@H](c4ccc(O[C@H](C)[C@H](O)c5ccc(OC)c(OC)c5)c(OC)c4)O3)cc2OC)cc1OC. The predicted octanol–water partition coefficient (Wildman–Crippen LogP) is 7.33. The zero-order chi connectivity index (χ0) is 36.7. The van der Waals surface area contributed by atoms with Crippen molar-refractivity contribution >= 4 is 0 Å². The third kappa shape index (κ3) is 8.39. The first kappa shape index (κ1) is 37.4. The zero-order valence-electron chi connectivity index (χ0n) is 30.4. The molecule has 11 heteroatoms. The van der Waals surface area contributed by atoms with Gasteiger partial charge in [0.05, 0.1) is 54.9 Å². The van der Waals surface area contributed by atoms with Crippen LogP contribution in [0.5, 0.6) is 46.0 Å². The first-order valence-corrected chi connectivity index (χ1v) is 16.8. The van der Waals surface area contributed by atoms with E-state index in [-0.39, 0.29) is 12.2 Å². The second kappa shape index (κ2) is 16.9. The Labute approximate surface area is 299 Å². The number of aliphatic hydroxyl groups excluding tert-OH is 2. The molecule has 51 heavy (non-hydrogen) atoms. The summed E-state index contributed by atoms with van der Waals surface area (Å²) in [5.74, 6) is 4.30. The van der Waals surface area contributed by atoms with Crippen molar-refractivity contribution in [1.82, 2.24) is 0 Å². The Morgan fingerprint density at radius 1 is 0.471 bits per heavy atom. The maximum absolute atomic E-state index is 11.0. The lowest BCUT2D eigenvalue weighted by molar-refractivity contribution is 0.0409. The van der Waals surface area contributed by atoms with Gasteiger partial charge in [-0.2, -0.15) is 0 Å². The van der Waals surface area contributed by atoms with Crippen molar-refractivity contribution in [1.29, 1.82) is 0 Å². The molecule has 4 aromatic carbocycles. The minimum atomic E-state index is -0.923. The van der Waals surface area contributed by atoms with E-state index in [0.29, 0.717) is 57.1 Å². The van der Waals surface area contributed by atoms with Gasteiger partial charge >= 0.3 is 0 Å². The van der Waals surface area contributed by atoms with E-state index >= 15 is 0 Å². The predicted molar refractivity (Wildman–Crippen MR) is 191 cm³/mol. The van der Waals surface area contributed by atoms with Crippen molar-refractivity contribution in [2.24, 2.45) is 0 Å². The molecule has 1 aliphatic rings. The van der Waals surface area contributed by atoms with Crippen LogP contribution in [0.4, 0.5) is 0 Å². The van der Waals surface area contributed by atoms with Crippen molar-refractivity contribution in [3.05, 3.63) is 95.1 Å². The molecule has 5 rings (SSSR count). The number of methoxy groups -OCH3 is 6. The minimum Gasteiger partial charge on any atom is -0.493 e. The van der Waals surface area contributed by atoms with Crippen LogP contribution in [0.25, 0.3) is 0 Å². The van der Waals surface area contributed by atoms with E-state index in [2.05, 4.69) is 0 Å². The number of aliphatic hydroxyl groups is 2. The number of ether oxygens (including phenoxy) is 9. The summed E-state index contributed by atoms with van der Waals surface area (Å²) >= 11 is 0. The minimum absolute atomic E-state index is 0.161. The summed E-state index contributed by atoms with van der Waals surface area (Å²) in [7, 11) is 9.41. The fraction of sp³-hybridized carbons (Fsp3) is 0.400. The molecular weight excluding hydrogens is 656 g/mol. The third-order valence-electron chi connectivity index (χ3n) is 9.15. The van der Waals surface area contributed by atoms with E-state index in [4.69, 9.17) is 42.6 Å². The van der Waals surface area contributed by atoms with Crippen molar-refractivity contribution in [3.8, 4) is 46.0 Å². The summed E-state index contributed by atoms with van der Waals surface area (Å²) < 4.78 is 51.7. The van der Waals surface area contributed by atoms with Gasteiger partial charge in [-0.1, -0.05) is 24.3 Å². The van der Waals surface area contributed by atoms with Crippen LogP contribution in [0.2, 0.25) is 0 Å². The van der Waals surface area contributed by atoms with E-state index < -0.39 is 24.4 Å². The van der Waals surface area contributed by atoms with Crippen LogP contribution >= 0.6 is 0 Å². The Morgan fingerprint density at radius 3 is 1.16 bits per heavy atom. The molecule has 1 heterocycles.